The van der Waals surface area contributed by atoms with Gasteiger partial charge in [0, 0.05) is 17.6 Å². The van der Waals surface area contributed by atoms with Crippen LogP contribution in [0.5, 0.6) is 0 Å². The molecule has 1 heterocycles. The molecule has 0 bridgehead atoms. The normalized spacial score (nSPS) is 20.0. The first kappa shape index (κ1) is 15.9. The summed E-state index contributed by atoms with van der Waals surface area (Å²) < 4.78 is 27.7. The lowest BCUT2D eigenvalue weighted by Crippen LogP contribution is -2.40. The summed E-state index contributed by atoms with van der Waals surface area (Å²) in [6.07, 6.45) is 1.06. The Morgan fingerprint density at radius 1 is 1.35 bits per heavy atom. The Morgan fingerprint density at radius 2 is 1.95 bits per heavy atom. The lowest BCUT2D eigenvalue weighted by Gasteiger charge is -2.32. The monoisotopic (exact) mass is 361 g/mol. The molecule has 1 aromatic carbocycles. The predicted molar refractivity (Wildman–Crippen MR) is 82.0 cm³/mol. The maximum atomic E-state index is 12.7. The third kappa shape index (κ3) is 3.24. The minimum atomic E-state index is -3.44. The largest absolute Gasteiger partial charge is 0.393 e. The number of sulfonamides is 1. The number of nitrogens with zero attached hydrogens (tertiary/aromatic N) is 1. The smallest absolute Gasteiger partial charge is 0.243 e. The van der Waals surface area contributed by atoms with Gasteiger partial charge < -0.3 is 5.11 Å². The van der Waals surface area contributed by atoms with Gasteiger partial charge in [0.25, 0.3) is 0 Å². The van der Waals surface area contributed by atoms with Crippen molar-refractivity contribution in [3.05, 3.63) is 28.2 Å². The molecule has 1 atom stereocenters. The molecular formula is C14H20BrNO3S. The molecular weight excluding hydrogens is 342 g/mol. The second-order valence-corrected chi connectivity index (χ2v) is 8.21. The SMILES string of the molecule is Cc1ccc(Br)cc1S(=O)(=O)N1CCC(C(C)O)CC1. The van der Waals surface area contributed by atoms with E-state index in [9.17, 15) is 13.5 Å². The number of piperidine rings is 1. The van der Waals surface area contributed by atoms with Gasteiger partial charge in [-0.2, -0.15) is 4.31 Å². The molecule has 1 saturated heterocycles. The Labute approximate surface area is 129 Å². The third-order valence-corrected chi connectivity index (χ3v) is 6.48. The number of aryl methyl sites for hydroxylation is 1. The second kappa shape index (κ2) is 6.13. The standard InChI is InChI=1S/C14H20BrNO3S/c1-10-3-4-13(15)9-14(10)20(18,19)16-7-5-12(6-8-16)11(2)17/h3-4,9,11-12,17H,5-8H2,1-2H3. The number of rotatable bonds is 3. The van der Waals surface area contributed by atoms with E-state index in [4.69, 9.17) is 0 Å². The highest BCUT2D eigenvalue weighted by atomic mass is 79.9. The first-order valence-electron chi connectivity index (χ1n) is 6.76. The van der Waals surface area contributed by atoms with Crippen LogP contribution in [0.25, 0.3) is 0 Å². The van der Waals surface area contributed by atoms with E-state index >= 15 is 0 Å². The molecule has 112 valence electrons. The number of hydrogen-bond acceptors (Lipinski definition) is 3. The van der Waals surface area contributed by atoms with Crippen LogP contribution in [0.2, 0.25) is 0 Å². The van der Waals surface area contributed by atoms with Crippen molar-refractivity contribution in [2.75, 3.05) is 13.1 Å². The molecule has 1 aliphatic heterocycles. The summed E-state index contributed by atoms with van der Waals surface area (Å²) in [6, 6.07) is 5.30. The highest BCUT2D eigenvalue weighted by molar-refractivity contribution is 9.10. The van der Waals surface area contributed by atoms with Crippen LogP contribution < -0.4 is 0 Å². The average Bonchev–Trinajstić information content (AvgIpc) is 2.41. The van der Waals surface area contributed by atoms with Gasteiger partial charge in [-0.3, -0.25) is 0 Å². The van der Waals surface area contributed by atoms with Crippen molar-refractivity contribution in [1.82, 2.24) is 4.31 Å². The van der Waals surface area contributed by atoms with Crippen molar-refractivity contribution >= 4 is 26.0 Å². The van der Waals surface area contributed by atoms with Gasteiger partial charge in [0.15, 0.2) is 0 Å². The fourth-order valence-corrected chi connectivity index (χ4v) is 4.82. The molecule has 0 aromatic heterocycles. The highest BCUT2D eigenvalue weighted by Crippen LogP contribution is 2.28. The van der Waals surface area contributed by atoms with Gasteiger partial charge in [-0.05, 0) is 50.3 Å². The molecule has 1 aromatic rings. The van der Waals surface area contributed by atoms with Crippen LogP contribution in [0.4, 0.5) is 0 Å². The molecule has 20 heavy (non-hydrogen) atoms. The molecule has 0 radical (unpaired) electrons. The zero-order valence-corrected chi connectivity index (χ0v) is 14.1. The Bertz CT molecular complexity index is 578. The molecule has 0 spiro atoms. The summed E-state index contributed by atoms with van der Waals surface area (Å²) in [7, 11) is -3.44. The number of aliphatic hydroxyl groups excluding tert-OH is 1. The van der Waals surface area contributed by atoms with Gasteiger partial charge >= 0.3 is 0 Å². The number of aliphatic hydroxyl groups is 1. The number of hydrogen-bond donors (Lipinski definition) is 1. The van der Waals surface area contributed by atoms with E-state index in [1.807, 2.05) is 13.0 Å². The average molecular weight is 362 g/mol. The zero-order valence-electron chi connectivity index (χ0n) is 11.7. The van der Waals surface area contributed by atoms with Crippen molar-refractivity contribution in [3.63, 3.8) is 0 Å². The van der Waals surface area contributed by atoms with Crippen molar-refractivity contribution < 1.29 is 13.5 Å². The predicted octanol–water partition coefficient (Wildman–Crippen LogP) is 2.54. The molecule has 1 unspecified atom stereocenters. The van der Waals surface area contributed by atoms with Crippen molar-refractivity contribution in [1.29, 1.82) is 0 Å². The molecule has 0 aliphatic carbocycles. The van der Waals surface area contributed by atoms with E-state index < -0.39 is 10.0 Å². The summed E-state index contributed by atoms with van der Waals surface area (Å²) in [6.45, 7) is 4.53. The molecule has 0 saturated carbocycles. The molecule has 6 heteroatoms. The van der Waals surface area contributed by atoms with E-state index in [1.54, 1.807) is 19.1 Å². The van der Waals surface area contributed by atoms with E-state index in [1.165, 1.54) is 4.31 Å². The molecule has 1 N–H and O–H groups in total. The van der Waals surface area contributed by atoms with Gasteiger partial charge in [0.05, 0.1) is 11.0 Å². The van der Waals surface area contributed by atoms with Crippen LogP contribution in [-0.4, -0.2) is 37.0 Å². The summed E-state index contributed by atoms with van der Waals surface area (Å²) in [5.74, 6) is 0.199. The van der Waals surface area contributed by atoms with Crippen LogP contribution in [0, 0.1) is 12.8 Å². The fraction of sp³-hybridized carbons (Fsp3) is 0.571. The van der Waals surface area contributed by atoms with Crippen LogP contribution >= 0.6 is 15.9 Å². The topological polar surface area (TPSA) is 57.6 Å². The molecule has 1 fully saturated rings. The maximum Gasteiger partial charge on any atom is 0.243 e. The number of halogens is 1. The van der Waals surface area contributed by atoms with Gasteiger partial charge in [-0.25, -0.2) is 8.42 Å². The number of benzene rings is 1. The summed E-state index contributed by atoms with van der Waals surface area (Å²) >= 11 is 3.33. The van der Waals surface area contributed by atoms with E-state index in [0.29, 0.717) is 30.8 Å². The van der Waals surface area contributed by atoms with Gasteiger partial charge in [0.1, 0.15) is 0 Å². The van der Waals surface area contributed by atoms with Gasteiger partial charge in [-0.15, -0.1) is 0 Å². The van der Waals surface area contributed by atoms with E-state index in [2.05, 4.69) is 15.9 Å². The van der Waals surface area contributed by atoms with Gasteiger partial charge in [0.2, 0.25) is 10.0 Å². The van der Waals surface area contributed by atoms with E-state index in [0.717, 1.165) is 10.0 Å². The molecule has 0 amide bonds. The Morgan fingerprint density at radius 3 is 2.50 bits per heavy atom. The highest BCUT2D eigenvalue weighted by Gasteiger charge is 2.31. The third-order valence-electron chi connectivity index (χ3n) is 3.95. The van der Waals surface area contributed by atoms with Crippen molar-refractivity contribution in [3.8, 4) is 0 Å². The van der Waals surface area contributed by atoms with Crippen LogP contribution in [0.15, 0.2) is 27.6 Å². The first-order chi connectivity index (χ1) is 9.32. The first-order valence-corrected chi connectivity index (χ1v) is 9.00. The minimum absolute atomic E-state index is 0.199. The van der Waals surface area contributed by atoms with Crippen molar-refractivity contribution in [2.45, 2.75) is 37.7 Å². The molecule has 2 rings (SSSR count). The Balaban J connectivity index is 2.22. The lowest BCUT2D eigenvalue weighted by atomic mass is 9.93. The quantitative estimate of drug-likeness (QED) is 0.899. The molecule has 1 aliphatic rings. The Hall–Kier alpha value is -0.430. The minimum Gasteiger partial charge on any atom is -0.393 e. The van der Waals surface area contributed by atoms with Crippen LogP contribution in [0.1, 0.15) is 25.3 Å². The summed E-state index contributed by atoms with van der Waals surface area (Å²) in [5.41, 5.74) is 0.755. The molecule has 4 nitrogen and oxygen atoms in total. The van der Waals surface area contributed by atoms with Crippen molar-refractivity contribution in [2.24, 2.45) is 5.92 Å². The van der Waals surface area contributed by atoms with Gasteiger partial charge in [-0.1, -0.05) is 22.0 Å². The van der Waals surface area contributed by atoms with E-state index in [-0.39, 0.29) is 12.0 Å². The maximum absolute atomic E-state index is 12.7. The fourth-order valence-electron chi connectivity index (χ4n) is 2.59. The summed E-state index contributed by atoms with van der Waals surface area (Å²) in [5, 5.41) is 9.59. The Kier molecular flexibility index (Phi) is 4.89. The zero-order chi connectivity index (χ0) is 14.9. The van der Waals surface area contributed by atoms with Crippen LogP contribution in [0.3, 0.4) is 0 Å². The second-order valence-electron chi connectivity index (χ2n) is 5.39. The van der Waals surface area contributed by atoms with Crippen LogP contribution in [-0.2, 0) is 10.0 Å². The lowest BCUT2D eigenvalue weighted by molar-refractivity contribution is 0.0912. The summed E-state index contributed by atoms with van der Waals surface area (Å²) in [4.78, 5) is 0.363.